The molecule has 2 N–H and O–H groups in total. The van der Waals surface area contributed by atoms with Gasteiger partial charge in [-0.3, -0.25) is 0 Å². The molecule has 1 heterocycles. The van der Waals surface area contributed by atoms with Crippen molar-refractivity contribution < 1.29 is 24.4 Å². The first-order chi connectivity index (χ1) is 9.10. The molecule has 0 saturated carbocycles. The van der Waals surface area contributed by atoms with Crippen molar-refractivity contribution in [3.05, 3.63) is 29.8 Å². The van der Waals surface area contributed by atoms with Crippen LogP contribution in [0.4, 0.5) is 0 Å². The Hall–Kier alpha value is -1.14. The van der Waals surface area contributed by atoms with Gasteiger partial charge in [0.1, 0.15) is 11.9 Å². The summed E-state index contributed by atoms with van der Waals surface area (Å²) in [5, 5.41) is 19.2. The molecule has 19 heavy (non-hydrogen) atoms. The fourth-order valence-corrected chi connectivity index (χ4v) is 2.20. The topological polar surface area (TPSA) is 68.2 Å². The molecule has 1 aromatic carbocycles. The van der Waals surface area contributed by atoms with Crippen LogP contribution in [0.2, 0.25) is 0 Å². The van der Waals surface area contributed by atoms with E-state index in [2.05, 4.69) is 0 Å². The zero-order valence-electron chi connectivity index (χ0n) is 11.2. The molecule has 106 valence electrons. The minimum atomic E-state index is -0.911. The first-order valence-corrected chi connectivity index (χ1v) is 6.36. The van der Waals surface area contributed by atoms with Crippen molar-refractivity contribution >= 4 is 0 Å². The van der Waals surface area contributed by atoms with Gasteiger partial charge in [-0.2, -0.15) is 0 Å². The largest absolute Gasteiger partial charge is 0.497 e. The van der Waals surface area contributed by atoms with Crippen LogP contribution in [0.1, 0.15) is 18.9 Å². The molecule has 4 atom stereocenters. The lowest BCUT2D eigenvalue weighted by molar-refractivity contribution is -0.240. The first-order valence-electron chi connectivity index (χ1n) is 6.36. The van der Waals surface area contributed by atoms with Crippen LogP contribution in [-0.4, -0.2) is 41.9 Å². The van der Waals surface area contributed by atoms with Gasteiger partial charge in [-0.25, -0.2) is 0 Å². The molecule has 5 nitrogen and oxygen atoms in total. The van der Waals surface area contributed by atoms with E-state index in [0.29, 0.717) is 6.61 Å². The summed E-state index contributed by atoms with van der Waals surface area (Å²) < 4.78 is 16.0. The highest BCUT2D eigenvalue weighted by atomic mass is 16.6. The summed E-state index contributed by atoms with van der Waals surface area (Å²) in [6.07, 6.45) is -2.21. The maximum atomic E-state index is 9.88. The normalized spacial score (nSPS) is 31.2. The SMILES string of the molecule is COc1ccc(CO[C@H]2[C@@H](O)CC(O)O[C@@H]2C)cc1. The van der Waals surface area contributed by atoms with Crippen LogP contribution >= 0.6 is 0 Å². The maximum Gasteiger partial charge on any atom is 0.157 e. The van der Waals surface area contributed by atoms with E-state index in [9.17, 15) is 10.2 Å². The smallest absolute Gasteiger partial charge is 0.157 e. The van der Waals surface area contributed by atoms with Gasteiger partial charge in [0.05, 0.1) is 25.9 Å². The number of ether oxygens (including phenoxy) is 3. The van der Waals surface area contributed by atoms with Gasteiger partial charge in [0.2, 0.25) is 0 Å². The van der Waals surface area contributed by atoms with E-state index in [1.54, 1.807) is 14.0 Å². The molecule has 1 aliphatic heterocycles. The standard InChI is InChI=1S/C14H20O5/c1-9-14(12(15)7-13(16)19-9)18-8-10-3-5-11(17-2)6-4-10/h3-6,9,12-16H,7-8H2,1-2H3/t9-,12+,13?,14-/m1/s1. The van der Waals surface area contributed by atoms with Crippen molar-refractivity contribution in [2.45, 2.75) is 44.6 Å². The quantitative estimate of drug-likeness (QED) is 0.855. The molecule has 0 amide bonds. The molecule has 0 bridgehead atoms. The van der Waals surface area contributed by atoms with Gasteiger partial charge in [0, 0.05) is 6.42 Å². The lowest BCUT2D eigenvalue weighted by Crippen LogP contribution is -2.48. The van der Waals surface area contributed by atoms with Gasteiger partial charge >= 0.3 is 0 Å². The third-order valence-electron chi connectivity index (χ3n) is 3.26. The Balaban J connectivity index is 1.90. The van der Waals surface area contributed by atoms with Gasteiger partial charge < -0.3 is 24.4 Å². The molecule has 1 aromatic rings. The Morgan fingerprint density at radius 1 is 1.26 bits per heavy atom. The molecular formula is C14H20O5. The molecule has 1 aliphatic rings. The number of aliphatic hydroxyl groups is 2. The number of hydrogen-bond acceptors (Lipinski definition) is 5. The Morgan fingerprint density at radius 3 is 2.53 bits per heavy atom. The average molecular weight is 268 g/mol. The summed E-state index contributed by atoms with van der Waals surface area (Å²) in [6.45, 7) is 2.17. The highest BCUT2D eigenvalue weighted by Gasteiger charge is 2.35. The van der Waals surface area contributed by atoms with E-state index < -0.39 is 18.5 Å². The van der Waals surface area contributed by atoms with Crippen molar-refractivity contribution in [1.82, 2.24) is 0 Å². The fraction of sp³-hybridized carbons (Fsp3) is 0.571. The van der Waals surface area contributed by atoms with Gasteiger partial charge in [0.25, 0.3) is 0 Å². The highest BCUT2D eigenvalue weighted by molar-refractivity contribution is 5.26. The van der Waals surface area contributed by atoms with E-state index >= 15 is 0 Å². The Labute approximate surface area is 112 Å². The van der Waals surface area contributed by atoms with Crippen molar-refractivity contribution in [2.75, 3.05) is 7.11 Å². The van der Waals surface area contributed by atoms with Crippen LogP contribution < -0.4 is 4.74 Å². The predicted molar refractivity (Wildman–Crippen MR) is 68.7 cm³/mol. The van der Waals surface area contributed by atoms with Crippen LogP contribution in [0.25, 0.3) is 0 Å². The molecule has 2 rings (SSSR count). The van der Waals surface area contributed by atoms with Crippen molar-refractivity contribution in [1.29, 1.82) is 0 Å². The fourth-order valence-electron chi connectivity index (χ4n) is 2.20. The summed E-state index contributed by atoms with van der Waals surface area (Å²) >= 11 is 0. The van der Waals surface area contributed by atoms with Crippen molar-refractivity contribution in [3.63, 3.8) is 0 Å². The summed E-state index contributed by atoms with van der Waals surface area (Å²) in [7, 11) is 1.62. The summed E-state index contributed by atoms with van der Waals surface area (Å²) in [4.78, 5) is 0. The van der Waals surface area contributed by atoms with E-state index in [0.717, 1.165) is 11.3 Å². The lowest BCUT2D eigenvalue weighted by atomic mass is 10.0. The molecule has 1 fully saturated rings. The average Bonchev–Trinajstić information content (AvgIpc) is 2.38. The zero-order chi connectivity index (χ0) is 13.8. The Morgan fingerprint density at radius 2 is 1.95 bits per heavy atom. The minimum Gasteiger partial charge on any atom is -0.497 e. The van der Waals surface area contributed by atoms with Crippen molar-refractivity contribution in [3.8, 4) is 5.75 Å². The monoisotopic (exact) mass is 268 g/mol. The van der Waals surface area contributed by atoms with Crippen LogP contribution in [-0.2, 0) is 16.1 Å². The van der Waals surface area contributed by atoms with Gasteiger partial charge in [-0.05, 0) is 24.6 Å². The zero-order valence-corrected chi connectivity index (χ0v) is 11.2. The van der Waals surface area contributed by atoms with Gasteiger partial charge in [-0.1, -0.05) is 12.1 Å². The number of methoxy groups -OCH3 is 1. The van der Waals surface area contributed by atoms with Crippen molar-refractivity contribution in [2.24, 2.45) is 0 Å². The van der Waals surface area contributed by atoms with E-state index in [-0.39, 0.29) is 12.5 Å². The Bertz CT molecular complexity index is 379. The van der Waals surface area contributed by atoms with Crippen LogP contribution in [0.3, 0.4) is 0 Å². The summed E-state index contributed by atoms with van der Waals surface area (Å²) in [5.74, 6) is 0.793. The third-order valence-corrected chi connectivity index (χ3v) is 3.26. The third kappa shape index (κ3) is 3.67. The second-order valence-electron chi connectivity index (χ2n) is 4.72. The first kappa shape index (κ1) is 14.3. The summed E-state index contributed by atoms with van der Waals surface area (Å²) in [5.41, 5.74) is 0.992. The molecule has 5 heteroatoms. The molecule has 0 aliphatic carbocycles. The minimum absolute atomic E-state index is 0.178. The van der Waals surface area contributed by atoms with Crippen LogP contribution in [0.15, 0.2) is 24.3 Å². The second-order valence-corrected chi connectivity index (χ2v) is 4.72. The predicted octanol–water partition coefficient (Wildman–Crippen LogP) is 1.07. The van der Waals surface area contributed by atoms with E-state index in [1.165, 1.54) is 0 Å². The lowest BCUT2D eigenvalue weighted by Gasteiger charge is -2.36. The van der Waals surface area contributed by atoms with Gasteiger partial charge in [-0.15, -0.1) is 0 Å². The molecule has 0 radical (unpaired) electrons. The number of aliphatic hydroxyl groups excluding tert-OH is 2. The number of hydrogen-bond donors (Lipinski definition) is 2. The molecule has 0 aromatic heterocycles. The second kappa shape index (κ2) is 6.34. The van der Waals surface area contributed by atoms with Gasteiger partial charge in [0.15, 0.2) is 6.29 Å². The van der Waals surface area contributed by atoms with E-state index in [1.807, 2.05) is 24.3 Å². The maximum absolute atomic E-state index is 9.88. The molecular weight excluding hydrogens is 248 g/mol. The molecule has 1 saturated heterocycles. The molecule has 0 spiro atoms. The summed E-state index contributed by atoms with van der Waals surface area (Å²) in [6, 6.07) is 7.54. The van der Waals surface area contributed by atoms with E-state index in [4.69, 9.17) is 14.2 Å². The molecule has 1 unspecified atom stereocenters. The highest BCUT2D eigenvalue weighted by Crippen LogP contribution is 2.22. The number of rotatable bonds is 4. The van der Waals surface area contributed by atoms with Crippen LogP contribution in [0, 0.1) is 0 Å². The Kier molecular flexibility index (Phi) is 4.76. The number of benzene rings is 1. The van der Waals surface area contributed by atoms with Crippen LogP contribution in [0.5, 0.6) is 5.75 Å².